The van der Waals surface area contributed by atoms with E-state index >= 15 is 0 Å². The number of carbonyl (C=O) groups is 1. The number of rotatable bonds is 7. The number of ether oxygens (including phenoxy) is 2. The van der Waals surface area contributed by atoms with Crippen LogP contribution >= 0.6 is 23.2 Å². The zero-order chi connectivity index (χ0) is 25.5. The van der Waals surface area contributed by atoms with E-state index in [0.29, 0.717) is 38.9 Å². The van der Waals surface area contributed by atoms with Crippen molar-refractivity contribution in [1.29, 1.82) is 0 Å². The van der Waals surface area contributed by atoms with Crippen molar-refractivity contribution in [1.82, 2.24) is 10.1 Å². The SMILES string of the molecule is O=C(O)c1ccc2c(c1)CCC(c1ccc(OCc3c(-c4c(Cl)cccc4Cl)noc3C3CC3)nc1)O2. The molecule has 6 rings (SSSR count). The molecule has 2 aromatic heterocycles. The lowest BCUT2D eigenvalue weighted by atomic mass is 9.97. The third-order valence-electron chi connectivity index (χ3n) is 6.71. The number of carboxylic acid groups (broad SMARTS) is 1. The first-order chi connectivity index (χ1) is 18.0. The van der Waals surface area contributed by atoms with Gasteiger partial charge in [-0.25, -0.2) is 9.78 Å². The molecular weight excluding hydrogens is 515 g/mol. The Bertz CT molecular complexity index is 1460. The number of fused-ring (bicyclic) bond motifs is 1. The van der Waals surface area contributed by atoms with Crippen LogP contribution in [0.3, 0.4) is 0 Å². The molecule has 0 amide bonds. The number of halogens is 2. The molecule has 9 heteroatoms. The largest absolute Gasteiger partial charge is 0.485 e. The smallest absolute Gasteiger partial charge is 0.335 e. The number of nitrogens with zero attached hydrogens (tertiary/aromatic N) is 2. The van der Waals surface area contributed by atoms with Crippen molar-refractivity contribution in [2.45, 2.75) is 44.3 Å². The number of aryl methyl sites for hydroxylation is 1. The van der Waals surface area contributed by atoms with Gasteiger partial charge in [-0.15, -0.1) is 0 Å². The second-order valence-corrected chi connectivity index (χ2v) is 10.1. The molecule has 1 unspecified atom stereocenters. The minimum atomic E-state index is -0.942. The molecule has 188 valence electrons. The lowest BCUT2D eigenvalue weighted by Crippen LogP contribution is -2.16. The molecule has 0 radical (unpaired) electrons. The van der Waals surface area contributed by atoms with Gasteiger partial charge in [0.1, 0.15) is 29.9 Å². The highest BCUT2D eigenvalue weighted by Crippen LogP contribution is 2.46. The van der Waals surface area contributed by atoms with Crippen LogP contribution in [0.15, 0.2) is 59.3 Å². The van der Waals surface area contributed by atoms with Crippen molar-refractivity contribution in [2.75, 3.05) is 0 Å². The summed E-state index contributed by atoms with van der Waals surface area (Å²) in [6, 6.07) is 14.0. The van der Waals surface area contributed by atoms with E-state index in [-0.39, 0.29) is 18.3 Å². The fraction of sp³-hybridized carbons (Fsp3) is 0.250. The summed E-state index contributed by atoms with van der Waals surface area (Å²) < 4.78 is 17.9. The molecule has 1 aliphatic heterocycles. The summed E-state index contributed by atoms with van der Waals surface area (Å²) in [5, 5.41) is 14.5. The summed E-state index contributed by atoms with van der Waals surface area (Å²) in [5.74, 6) is 1.36. The van der Waals surface area contributed by atoms with Gasteiger partial charge in [0.25, 0.3) is 0 Å². The van der Waals surface area contributed by atoms with Crippen LogP contribution in [0.4, 0.5) is 0 Å². The molecule has 0 spiro atoms. The zero-order valence-electron chi connectivity index (χ0n) is 19.6. The Balaban J connectivity index is 1.18. The van der Waals surface area contributed by atoms with Crippen LogP contribution in [-0.4, -0.2) is 21.2 Å². The molecule has 37 heavy (non-hydrogen) atoms. The van der Waals surface area contributed by atoms with Crippen LogP contribution in [0.5, 0.6) is 11.6 Å². The van der Waals surface area contributed by atoms with Gasteiger partial charge in [-0.2, -0.15) is 0 Å². The second-order valence-electron chi connectivity index (χ2n) is 9.24. The number of benzene rings is 2. The van der Waals surface area contributed by atoms with E-state index < -0.39 is 5.97 Å². The molecular formula is C28H22Cl2N2O5. The van der Waals surface area contributed by atoms with Gasteiger partial charge in [0.2, 0.25) is 5.88 Å². The molecule has 1 saturated carbocycles. The summed E-state index contributed by atoms with van der Waals surface area (Å²) in [6.07, 6.45) is 5.13. The van der Waals surface area contributed by atoms with Crippen LogP contribution in [0.1, 0.15) is 64.1 Å². The van der Waals surface area contributed by atoms with E-state index in [1.165, 1.54) is 0 Å². The average Bonchev–Trinajstić information content (AvgIpc) is 3.67. The number of aromatic carboxylic acids is 1. The monoisotopic (exact) mass is 536 g/mol. The van der Waals surface area contributed by atoms with Gasteiger partial charge in [-0.3, -0.25) is 0 Å². The van der Waals surface area contributed by atoms with Gasteiger partial charge in [0.05, 0.1) is 21.2 Å². The van der Waals surface area contributed by atoms with Gasteiger partial charge in [-0.05, 0) is 67.6 Å². The maximum absolute atomic E-state index is 11.2. The van der Waals surface area contributed by atoms with Gasteiger partial charge < -0.3 is 19.1 Å². The van der Waals surface area contributed by atoms with E-state index in [9.17, 15) is 9.90 Å². The van der Waals surface area contributed by atoms with Gasteiger partial charge >= 0.3 is 5.97 Å². The molecule has 1 N–H and O–H groups in total. The Morgan fingerprint density at radius 1 is 1.08 bits per heavy atom. The Kier molecular flexibility index (Phi) is 6.26. The number of carboxylic acids is 1. The molecule has 7 nitrogen and oxygen atoms in total. The standard InChI is InChI=1S/C28H22Cl2N2O5/c29-20-2-1-3-21(30)25(20)26-19(27(37-32-26)15-4-5-15)14-35-24-11-8-18(13-31-24)23-9-6-16-12-17(28(33)34)7-10-22(16)36-23/h1-3,7-8,10-13,15,23H,4-6,9,14H2,(H,33,34). The quantitative estimate of drug-likeness (QED) is 0.265. The van der Waals surface area contributed by atoms with Crippen molar-refractivity contribution in [3.8, 4) is 22.9 Å². The molecule has 1 atom stereocenters. The van der Waals surface area contributed by atoms with Crippen LogP contribution in [-0.2, 0) is 13.0 Å². The van der Waals surface area contributed by atoms with Crippen molar-refractivity contribution >= 4 is 29.2 Å². The Morgan fingerprint density at radius 2 is 1.89 bits per heavy atom. The van der Waals surface area contributed by atoms with Crippen LogP contribution in [0, 0.1) is 0 Å². The fourth-order valence-electron chi connectivity index (χ4n) is 4.62. The lowest BCUT2D eigenvalue weighted by molar-refractivity contribution is 0.0696. The molecule has 2 aliphatic rings. The molecule has 2 aromatic carbocycles. The first-order valence-electron chi connectivity index (χ1n) is 12.0. The average molecular weight is 537 g/mol. The lowest BCUT2D eigenvalue weighted by Gasteiger charge is -2.26. The second kappa shape index (κ2) is 9.72. The maximum atomic E-state index is 11.2. The summed E-state index contributed by atoms with van der Waals surface area (Å²) in [4.78, 5) is 15.7. The molecule has 0 bridgehead atoms. The number of hydrogen-bond donors (Lipinski definition) is 1. The summed E-state index contributed by atoms with van der Waals surface area (Å²) in [7, 11) is 0. The molecule has 1 aliphatic carbocycles. The van der Waals surface area contributed by atoms with Crippen molar-refractivity contribution < 1.29 is 23.9 Å². The van der Waals surface area contributed by atoms with Crippen molar-refractivity contribution in [3.63, 3.8) is 0 Å². The third kappa shape index (κ3) is 4.77. The minimum Gasteiger partial charge on any atom is -0.485 e. The van der Waals surface area contributed by atoms with Crippen molar-refractivity contribution in [3.05, 3.63) is 92.8 Å². The number of aromatic nitrogens is 2. The summed E-state index contributed by atoms with van der Waals surface area (Å²) >= 11 is 12.9. The highest BCUT2D eigenvalue weighted by Gasteiger charge is 2.34. The number of hydrogen-bond acceptors (Lipinski definition) is 6. The Morgan fingerprint density at radius 3 is 2.59 bits per heavy atom. The predicted molar refractivity (Wildman–Crippen MR) is 138 cm³/mol. The molecule has 4 aromatic rings. The topological polar surface area (TPSA) is 94.7 Å². The van der Waals surface area contributed by atoms with Gasteiger partial charge in [-0.1, -0.05) is 34.4 Å². The van der Waals surface area contributed by atoms with Gasteiger partial charge in [0, 0.05) is 29.3 Å². The zero-order valence-corrected chi connectivity index (χ0v) is 21.1. The predicted octanol–water partition coefficient (Wildman–Crippen LogP) is 7.26. The Labute approximate surface area is 222 Å². The maximum Gasteiger partial charge on any atom is 0.335 e. The van der Waals surface area contributed by atoms with E-state index in [1.54, 1.807) is 42.6 Å². The summed E-state index contributed by atoms with van der Waals surface area (Å²) in [6.45, 7) is 0.220. The highest BCUT2D eigenvalue weighted by atomic mass is 35.5. The molecule has 1 fully saturated rings. The fourth-order valence-corrected chi connectivity index (χ4v) is 5.19. The van der Waals surface area contributed by atoms with Crippen molar-refractivity contribution in [2.24, 2.45) is 0 Å². The number of pyridine rings is 1. The highest BCUT2D eigenvalue weighted by molar-refractivity contribution is 6.39. The summed E-state index contributed by atoms with van der Waals surface area (Å²) in [5.41, 5.74) is 4.15. The van der Waals surface area contributed by atoms with Gasteiger partial charge in [0.15, 0.2) is 0 Å². The first-order valence-corrected chi connectivity index (χ1v) is 12.8. The Hall–Kier alpha value is -3.55. The normalized spacial score (nSPS) is 16.6. The van der Waals surface area contributed by atoms with E-state index in [0.717, 1.165) is 48.1 Å². The third-order valence-corrected chi connectivity index (χ3v) is 7.34. The van der Waals surface area contributed by atoms with E-state index in [4.69, 9.17) is 37.2 Å². The minimum absolute atomic E-state index is 0.168. The van der Waals surface area contributed by atoms with Crippen LogP contribution in [0.2, 0.25) is 10.0 Å². The van der Waals surface area contributed by atoms with E-state index in [1.807, 2.05) is 12.1 Å². The molecule has 0 saturated heterocycles. The van der Waals surface area contributed by atoms with Crippen LogP contribution < -0.4 is 9.47 Å². The van der Waals surface area contributed by atoms with E-state index in [2.05, 4.69) is 10.1 Å². The van der Waals surface area contributed by atoms with Crippen LogP contribution in [0.25, 0.3) is 11.3 Å². The first kappa shape index (κ1) is 23.8. The molecule has 3 heterocycles.